The van der Waals surface area contributed by atoms with Crippen molar-refractivity contribution in [2.24, 2.45) is 0 Å². The Kier molecular flexibility index (Phi) is 8.48. The lowest BCUT2D eigenvalue weighted by atomic mass is 10.0. The number of rotatable bonds is 10. The van der Waals surface area contributed by atoms with E-state index in [2.05, 4.69) is 45.7 Å². The number of benzene rings is 2. The quantitative estimate of drug-likeness (QED) is 0.209. The van der Waals surface area contributed by atoms with Gasteiger partial charge in [0.1, 0.15) is 5.75 Å². The first-order valence-electron chi connectivity index (χ1n) is 10.5. The Morgan fingerprint density at radius 3 is 2.44 bits per heavy atom. The summed E-state index contributed by atoms with van der Waals surface area (Å²) in [4.78, 5) is 37.9. The van der Waals surface area contributed by atoms with Gasteiger partial charge >= 0.3 is 5.97 Å². The lowest BCUT2D eigenvalue weighted by molar-refractivity contribution is -0.144. The molecule has 0 N–H and O–H groups in total. The molecule has 0 aromatic heterocycles. The number of nitrogens with zero attached hydrogens (tertiary/aromatic N) is 1. The molecule has 0 fully saturated rings. The Hall–Kier alpha value is -2.19. The van der Waals surface area contributed by atoms with Gasteiger partial charge in [-0.05, 0) is 70.6 Å². The van der Waals surface area contributed by atoms with Crippen molar-refractivity contribution in [3.05, 3.63) is 62.0 Å². The molecule has 1 aliphatic heterocycles. The molecule has 2 amide bonds. The van der Waals surface area contributed by atoms with E-state index in [1.54, 1.807) is 18.2 Å². The summed E-state index contributed by atoms with van der Waals surface area (Å²) in [6.45, 7) is 5.03. The van der Waals surface area contributed by atoms with E-state index in [0.29, 0.717) is 36.5 Å². The maximum atomic E-state index is 12.4. The van der Waals surface area contributed by atoms with Crippen molar-refractivity contribution in [1.29, 1.82) is 0 Å². The zero-order valence-corrected chi connectivity index (χ0v) is 21.2. The van der Waals surface area contributed by atoms with Crippen LogP contribution in [0.1, 0.15) is 65.3 Å². The van der Waals surface area contributed by atoms with E-state index >= 15 is 0 Å². The maximum Gasteiger partial charge on any atom is 0.305 e. The second-order valence-corrected chi connectivity index (χ2v) is 9.59. The van der Waals surface area contributed by atoms with Crippen molar-refractivity contribution in [2.45, 2.75) is 39.0 Å². The molecular weight excluding hydrogens is 542 g/mol. The Morgan fingerprint density at radius 1 is 0.969 bits per heavy atom. The molecule has 0 saturated carbocycles. The zero-order chi connectivity index (χ0) is 23.3. The first-order valence-corrected chi connectivity index (χ1v) is 12.1. The number of imide groups is 1. The molecule has 170 valence electrons. The summed E-state index contributed by atoms with van der Waals surface area (Å²) in [5.41, 5.74) is 2.02. The first-order chi connectivity index (χ1) is 15.3. The van der Waals surface area contributed by atoms with Crippen LogP contribution in [0.2, 0.25) is 0 Å². The summed E-state index contributed by atoms with van der Waals surface area (Å²) in [5, 5.41) is 0. The number of hydrogen-bond acceptors (Lipinski definition) is 5. The van der Waals surface area contributed by atoms with E-state index < -0.39 is 0 Å². The lowest BCUT2D eigenvalue weighted by Gasteiger charge is -2.13. The standard InChI is InChI=1S/C24H25Br2NO5/c1-15(2)16-6-9-21(20(26)13-16)31-11-3-5-22(28)32-12-4-10-27-23(29)18-8-7-17(25)14-19(18)24(27)30/h6-9,13-15H,3-5,10-12H2,1-2H3. The van der Waals surface area contributed by atoms with E-state index in [1.165, 1.54) is 10.5 Å². The van der Waals surface area contributed by atoms with Crippen LogP contribution < -0.4 is 4.74 Å². The molecule has 0 atom stereocenters. The van der Waals surface area contributed by atoms with Gasteiger partial charge in [-0.2, -0.15) is 0 Å². The van der Waals surface area contributed by atoms with Crippen LogP contribution in [0, 0.1) is 0 Å². The van der Waals surface area contributed by atoms with Gasteiger partial charge in [0, 0.05) is 17.4 Å². The number of carbonyl (C=O) groups excluding carboxylic acids is 3. The highest BCUT2D eigenvalue weighted by Gasteiger charge is 2.35. The van der Waals surface area contributed by atoms with Crippen LogP contribution in [0.4, 0.5) is 0 Å². The van der Waals surface area contributed by atoms with Crippen LogP contribution in [-0.2, 0) is 9.53 Å². The van der Waals surface area contributed by atoms with E-state index in [1.807, 2.05) is 18.2 Å². The summed E-state index contributed by atoms with van der Waals surface area (Å²) in [6.07, 6.45) is 1.16. The second-order valence-electron chi connectivity index (χ2n) is 7.82. The van der Waals surface area contributed by atoms with Crippen LogP contribution in [0.25, 0.3) is 0 Å². The van der Waals surface area contributed by atoms with Gasteiger partial charge in [-0.1, -0.05) is 35.8 Å². The normalized spacial score (nSPS) is 13.0. The summed E-state index contributed by atoms with van der Waals surface area (Å²) in [5.74, 6) is 0.232. The first kappa shape index (κ1) is 24.5. The number of hydrogen-bond donors (Lipinski definition) is 0. The molecule has 6 nitrogen and oxygen atoms in total. The molecule has 2 aromatic rings. The molecule has 32 heavy (non-hydrogen) atoms. The van der Waals surface area contributed by atoms with Gasteiger partial charge in [0.25, 0.3) is 11.8 Å². The van der Waals surface area contributed by atoms with Gasteiger partial charge in [0.2, 0.25) is 0 Å². The maximum absolute atomic E-state index is 12.4. The smallest absolute Gasteiger partial charge is 0.305 e. The molecule has 8 heteroatoms. The second kappa shape index (κ2) is 11.1. The predicted molar refractivity (Wildman–Crippen MR) is 128 cm³/mol. The molecule has 1 aliphatic rings. The molecule has 1 heterocycles. The van der Waals surface area contributed by atoms with Gasteiger partial charge in [-0.25, -0.2) is 0 Å². The molecule has 0 saturated heterocycles. The molecule has 0 unspecified atom stereocenters. The average molecular weight is 567 g/mol. The van der Waals surface area contributed by atoms with Gasteiger partial charge in [0.15, 0.2) is 0 Å². The molecule has 0 radical (unpaired) electrons. The third-order valence-electron chi connectivity index (χ3n) is 5.13. The molecule has 0 spiro atoms. The van der Waals surface area contributed by atoms with Crippen molar-refractivity contribution >= 4 is 49.6 Å². The fourth-order valence-corrected chi connectivity index (χ4v) is 4.21. The summed E-state index contributed by atoms with van der Waals surface area (Å²) in [7, 11) is 0. The largest absolute Gasteiger partial charge is 0.492 e. The van der Waals surface area contributed by atoms with Gasteiger partial charge in [0.05, 0.1) is 28.8 Å². The number of amides is 2. The van der Waals surface area contributed by atoms with Gasteiger partial charge in [-0.3, -0.25) is 19.3 Å². The molecule has 2 aromatic carbocycles. The van der Waals surface area contributed by atoms with Gasteiger partial charge in [-0.15, -0.1) is 0 Å². The summed E-state index contributed by atoms with van der Waals surface area (Å²) < 4.78 is 12.6. The van der Waals surface area contributed by atoms with E-state index in [4.69, 9.17) is 9.47 Å². The highest BCUT2D eigenvalue weighted by atomic mass is 79.9. The fraction of sp³-hybridized carbons (Fsp3) is 0.375. The Balaban J connectivity index is 1.33. The molecule has 0 aliphatic carbocycles. The monoisotopic (exact) mass is 565 g/mol. The minimum atomic E-state index is -0.325. The number of ether oxygens (including phenoxy) is 2. The van der Waals surface area contributed by atoms with Crippen molar-refractivity contribution in [2.75, 3.05) is 19.8 Å². The topological polar surface area (TPSA) is 72.9 Å². The SMILES string of the molecule is CC(C)c1ccc(OCCCC(=O)OCCCN2C(=O)c3ccc(Br)cc3C2=O)c(Br)c1. The van der Waals surface area contributed by atoms with Crippen LogP contribution in [-0.4, -0.2) is 42.4 Å². The fourth-order valence-electron chi connectivity index (χ4n) is 3.34. The summed E-state index contributed by atoms with van der Waals surface area (Å²) >= 11 is 6.83. The number of carbonyl (C=O) groups is 3. The zero-order valence-electron chi connectivity index (χ0n) is 18.0. The Morgan fingerprint density at radius 2 is 1.72 bits per heavy atom. The minimum Gasteiger partial charge on any atom is -0.492 e. The van der Waals surface area contributed by atoms with Crippen LogP contribution in [0.5, 0.6) is 5.75 Å². The lowest BCUT2D eigenvalue weighted by Crippen LogP contribution is -2.31. The van der Waals surface area contributed by atoms with E-state index in [9.17, 15) is 14.4 Å². The third-order valence-corrected chi connectivity index (χ3v) is 6.24. The van der Waals surface area contributed by atoms with Crippen molar-refractivity contribution < 1.29 is 23.9 Å². The highest BCUT2D eigenvalue weighted by Crippen LogP contribution is 2.29. The summed E-state index contributed by atoms with van der Waals surface area (Å²) in [6, 6.07) is 11.0. The van der Waals surface area contributed by atoms with Crippen molar-refractivity contribution in [3.8, 4) is 5.75 Å². The Bertz CT molecular complexity index is 1020. The number of halogens is 2. The minimum absolute atomic E-state index is 0.152. The predicted octanol–water partition coefficient (Wildman–Crippen LogP) is 5.72. The molecule has 3 rings (SSSR count). The number of fused-ring (bicyclic) bond motifs is 1. The van der Waals surface area contributed by atoms with E-state index in [-0.39, 0.29) is 37.4 Å². The van der Waals surface area contributed by atoms with Crippen LogP contribution >= 0.6 is 31.9 Å². The van der Waals surface area contributed by atoms with E-state index in [0.717, 1.165) is 14.7 Å². The third kappa shape index (κ3) is 5.98. The average Bonchev–Trinajstić information content (AvgIpc) is 2.98. The van der Waals surface area contributed by atoms with Crippen molar-refractivity contribution in [3.63, 3.8) is 0 Å². The van der Waals surface area contributed by atoms with Crippen molar-refractivity contribution in [1.82, 2.24) is 4.90 Å². The van der Waals surface area contributed by atoms with Crippen LogP contribution in [0.3, 0.4) is 0 Å². The highest BCUT2D eigenvalue weighted by molar-refractivity contribution is 9.10. The molecule has 0 bridgehead atoms. The van der Waals surface area contributed by atoms with Crippen LogP contribution in [0.15, 0.2) is 45.3 Å². The molecular formula is C24H25Br2NO5. The Labute approximate surface area is 204 Å². The number of esters is 1. The van der Waals surface area contributed by atoms with Gasteiger partial charge < -0.3 is 9.47 Å².